The number of hydrogen-bond donors (Lipinski definition) is 1. The summed E-state index contributed by atoms with van der Waals surface area (Å²) in [4.78, 5) is 29.7. The van der Waals surface area contributed by atoms with Gasteiger partial charge in [0.1, 0.15) is 17.9 Å². The van der Waals surface area contributed by atoms with Crippen molar-refractivity contribution in [3.05, 3.63) is 87.3 Å². The molecule has 2 heterocycles. The minimum absolute atomic E-state index is 0.0942. The highest BCUT2D eigenvalue weighted by molar-refractivity contribution is 9.10. The first-order valence-electron chi connectivity index (χ1n) is 9.73. The van der Waals surface area contributed by atoms with Crippen LogP contribution in [0, 0.1) is 0 Å². The molecule has 0 aliphatic carbocycles. The topological polar surface area (TPSA) is 99.2 Å². The maximum absolute atomic E-state index is 12.9. The molecule has 4 rings (SSSR count). The average molecular weight is 495 g/mol. The molecule has 0 radical (unpaired) electrons. The zero-order chi connectivity index (χ0) is 22.5. The molecule has 0 spiro atoms. The van der Waals surface area contributed by atoms with E-state index in [1.54, 1.807) is 25.4 Å². The second-order valence-electron chi connectivity index (χ2n) is 6.87. The normalized spacial score (nSPS) is 10.7. The summed E-state index contributed by atoms with van der Waals surface area (Å²) in [5.41, 5.74) is 1.43. The maximum atomic E-state index is 12.9. The standard InChI is InChI=1S/C23H19BrN4O4/c1-31-19-7-3-2-5-16(19)13-25-20(29)14-28-12-4-6-18(23(28)30)22-26-21(27-32-22)15-8-10-17(24)11-9-15/h2-12H,13-14H2,1H3,(H,25,29). The van der Waals surface area contributed by atoms with Gasteiger partial charge in [-0.1, -0.05) is 39.3 Å². The number of nitrogens with one attached hydrogen (secondary N) is 1. The molecule has 2 aromatic carbocycles. The molecular weight excluding hydrogens is 476 g/mol. The van der Waals surface area contributed by atoms with Gasteiger partial charge in [0.05, 0.1) is 7.11 Å². The molecule has 4 aromatic rings. The summed E-state index contributed by atoms with van der Waals surface area (Å²) < 4.78 is 12.8. The molecule has 0 atom stereocenters. The van der Waals surface area contributed by atoms with Crippen LogP contribution in [0.5, 0.6) is 5.75 Å². The molecule has 0 aliphatic rings. The number of pyridine rings is 1. The molecule has 162 valence electrons. The molecule has 0 saturated carbocycles. The Morgan fingerprint density at radius 2 is 1.91 bits per heavy atom. The van der Waals surface area contributed by atoms with Crippen molar-refractivity contribution in [1.82, 2.24) is 20.0 Å². The number of aromatic nitrogens is 3. The quantitative estimate of drug-likeness (QED) is 0.420. The van der Waals surface area contributed by atoms with Crippen LogP contribution < -0.4 is 15.6 Å². The number of hydrogen-bond acceptors (Lipinski definition) is 6. The summed E-state index contributed by atoms with van der Waals surface area (Å²) in [5.74, 6) is 0.842. The summed E-state index contributed by atoms with van der Waals surface area (Å²) in [7, 11) is 1.57. The summed E-state index contributed by atoms with van der Waals surface area (Å²) in [6.45, 7) is 0.146. The average Bonchev–Trinajstić information content (AvgIpc) is 3.30. The van der Waals surface area contributed by atoms with E-state index in [4.69, 9.17) is 9.26 Å². The molecule has 9 heteroatoms. The van der Waals surface area contributed by atoms with Gasteiger partial charge >= 0.3 is 0 Å². The van der Waals surface area contributed by atoms with E-state index in [0.717, 1.165) is 15.6 Å². The SMILES string of the molecule is COc1ccccc1CNC(=O)Cn1cccc(-c2nc(-c3ccc(Br)cc3)no2)c1=O. The lowest BCUT2D eigenvalue weighted by atomic mass is 10.2. The third-order valence-electron chi connectivity index (χ3n) is 4.76. The highest BCUT2D eigenvalue weighted by atomic mass is 79.9. The van der Waals surface area contributed by atoms with Crippen LogP contribution in [0.3, 0.4) is 0 Å². The van der Waals surface area contributed by atoms with Crippen molar-refractivity contribution < 1.29 is 14.1 Å². The van der Waals surface area contributed by atoms with Gasteiger partial charge in [-0.25, -0.2) is 0 Å². The van der Waals surface area contributed by atoms with Crippen LogP contribution in [0.4, 0.5) is 0 Å². The molecule has 1 amide bonds. The van der Waals surface area contributed by atoms with Crippen LogP contribution in [0.1, 0.15) is 5.56 Å². The van der Waals surface area contributed by atoms with Gasteiger partial charge in [-0.3, -0.25) is 9.59 Å². The second-order valence-corrected chi connectivity index (χ2v) is 7.79. The van der Waals surface area contributed by atoms with E-state index in [2.05, 4.69) is 31.4 Å². The van der Waals surface area contributed by atoms with Gasteiger partial charge in [0.25, 0.3) is 11.4 Å². The molecular formula is C23H19BrN4O4. The van der Waals surface area contributed by atoms with Crippen molar-refractivity contribution in [2.75, 3.05) is 7.11 Å². The van der Waals surface area contributed by atoms with Crippen LogP contribution in [-0.4, -0.2) is 27.7 Å². The minimum Gasteiger partial charge on any atom is -0.496 e. The first-order valence-corrected chi connectivity index (χ1v) is 10.5. The zero-order valence-electron chi connectivity index (χ0n) is 17.1. The Hall–Kier alpha value is -3.72. The van der Waals surface area contributed by atoms with Crippen LogP contribution in [0.2, 0.25) is 0 Å². The van der Waals surface area contributed by atoms with E-state index in [-0.39, 0.29) is 30.5 Å². The van der Waals surface area contributed by atoms with Crippen molar-refractivity contribution in [3.8, 4) is 28.6 Å². The van der Waals surface area contributed by atoms with Crippen molar-refractivity contribution in [2.45, 2.75) is 13.1 Å². The molecule has 0 bridgehead atoms. The lowest BCUT2D eigenvalue weighted by molar-refractivity contribution is -0.121. The third-order valence-corrected chi connectivity index (χ3v) is 5.29. The molecule has 8 nitrogen and oxygen atoms in total. The molecule has 2 aromatic heterocycles. The number of benzene rings is 2. The van der Waals surface area contributed by atoms with Gasteiger partial charge in [0, 0.05) is 28.3 Å². The Balaban J connectivity index is 1.49. The number of amides is 1. The number of para-hydroxylation sites is 1. The van der Waals surface area contributed by atoms with E-state index in [0.29, 0.717) is 11.6 Å². The molecule has 0 aliphatic heterocycles. The highest BCUT2D eigenvalue weighted by Crippen LogP contribution is 2.22. The summed E-state index contributed by atoms with van der Waals surface area (Å²) in [5, 5.41) is 6.77. The van der Waals surface area contributed by atoms with Crippen molar-refractivity contribution in [2.24, 2.45) is 0 Å². The summed E-state index contributed by atoms with van der Waals surface area (Å²) >= 11 is 3.38. The van der Waals surface area contributed by atoms with E-state index in [1.807, 2.05) is 48.5 Å². The van der Waals surface area contributed by atoms with Gasteiger partial charge in [0.2, 0.25) is 11.7 Å². The minimum atomic E-state index is -0.397. The molecule has 0 saturated heterocycles. The lowest BCUT2D eigenvalue weighted by Gasteiger charge is -2.10. The lowest BCUT2D eigenvalue weighted by Crippen LogP contribution is -2.32. The van der Waals surface area contributed by atoms with Gasteiger partial charge in [-0.15, -0.1) is 0 Å². The monoisotopic (exact) mass is 494 g/mol. The number of methoxy groups -OCH3 is 1. The fourth-order valence-corrected chi connectivity index (χ4v) is 3.39. The van der Waals surface area contributed by atoms with Crippen molar-refractivity contribution in [3.63, 3.8) is 0 Å². The first kappa shape index (κ1) is 21.5. The number of nitrogens with zero attached hydrogens (tertiary/aromatic N) is 3. The first-order chi connectivity index (χ1) is 15.5. The van der Waals surface area contributed by atoms with E-state index in [1.165, 1.54) is 4.57 Å². The van der Waals surface area contributed by atoms with Crippen molar-refractivity contribution >= 4 is 21.8 Å². The number of rotatable bonds is 7. The van der Waals surface area contributed by atoms with Crippen LogP contribution in [0.15, 0.2) is 80.7 Å². The summed E-state index contributed by atoms with van der Waals surface area (Å²) in [6.07, 6.45) is 1.54. The number of ether oxygens (including phenoxy) is 1. The molecule has 1 N–H and O–H groups in total. The molecule has 0 fully saturated rings. The predicted octanol–water partition coefficient (Wildman–Crippen LogP) is 3.65. The van der Waals surface area contributed by atoms with Crippen molar-refractivity contribution in [1.29, 1.82) is 0 Å². The predicted molar refractivity (Wildman–Crippen MR) is 122 cm³/mol. The van der Waals surface area contributed by atoms with Crippen LogP contribution in [-0.2, 0) is 17.9 Å². The van der Waals surface area contributed by atoms with E-state index in [9.17, 15) is 9.59 Å². The highest BCUT2D eigenvalue weighted by Gasteiger charge is 2.16. The van der Waals surface area contributed by atoms with Gasteiger partial charge < -0.3 is 19.1 Å². The Labute approximate surface area is 192 Å². The Bertz CT molecular complexity index is 1300. The number of carbonyl (C=O) groups is 1. The molecule has 0 unspecified atom stereocenters. The van der Waals surface area contributed by atoms with E-state index < -0.39 is 5.56 Å². The fourth-order valence-electron chi connectivity index (χ4n) is 3.13. The van der Waals surface area contributed by atoms with Gasteiger partial charge in [0.15, 0.2) is 0 Å². The van der Waals surface area contributed by atoms with E-state index >= 15 is 0 Å². The number of carbonyl (C=O) groups excluding carboxylic acids is 1. The fraction of sp³-hybridized carbons (Fsp3) is 0.130. The largest absolute Gasteiger partial charge is 0.496 e. The Morgan fingerprint density at radius 1 is 1.12 bits per heavy atom. The Morgan fingerprint density at radius 3 is 2.69 bits per heavy atom. The Kier molecular flexibility index (Phi) is 6.46. The van der Waals surface area contributed by atoms with Crippen LogP contribution >= 0.6 is 15.9 Å². The molecule has 32 heavy (non-hydrogen) atoms. The smallest absolute Gasteiger partial charge is 0.263 e. The summed E-state index contributed by atoms with van der Waals surface area (Å²) in [6, 6.07) is 18.1. The number of halogens is 1. The second kappa shape index (κ2) is 9.61. The maximum Gasteiger partial charge on any atom is 0.263 e. The third kappa shape index (κ3) is 4.78. The van der Waals surface area contributed by atoms with Gasteiger partial charge in [-0.2, -0.15) is 4.98 Å². The van der Waals surface area contributed by atoms with Gasteiger partial charge in [-0.05, 0) is 42.5 Å². The zero-order valence-corrected chi connectivity index (χ0v) is 18.7. The van der Waals surface area contributed by atoms with Crippen LogP contribution in [0.25, 0.3) is 22.8 Å².